The third-order valence-electron chi connectivity index (χ3n) is 3.98. The van der Waals surface area contributed by atoms with Gasteiger partial charge < -0.3 is 4.74 Å². The summed E-state index contributed by atoms with van der Waals surface area (Å²) in [6, 6.07) is 11.7. The number of thiazole rings is 1. The van der Waals surface area contributed by atoms with Crippen LogP contribution in [0.1, 0.15) is 27.0 Å². The van der Waals surface area contributed by atoms with Gasteiger partial charge in [-0.05, 0) is 44.5 Å². The van der Waals surface area contributed by atoms with Gasteiger partial charge in [0.25, 0.3) is 5.91 Å². The summed E-state index contributed by atoms with van der Waals surface area (Å²) >= 11 is 1.40. The van der Waals surface area contributed by atoms with E-state index in [4.69, 9.17) is 4.74 Å². The number of methoxy groups -OCH3 is 1. The quantitative estimate of drug-likeness (QED) is 0.719. The summed E-state index contributed by atoms with van der Waals surface area (Å²) in [7, 11) is 1.64. The molecule has 1 amide bonds. The molecule has 1 N–H and O–H groups in total. The van der Waals surface area contributed by atoms with Gasteiger partial charge in [-0.25, -0.2) is 4.98 Å². The van der Waals surface area contributed by atoms with Gasteiger partial charge in [-0.2, -0.15) is 0 Å². The average molecular weight is 352 g/mol. The Morgan fingerprint density at radius 2 is 1.80 bits per heavy atom. The Labute approximate surface area is 151 Å². The standard InChI is InChI=1S/C20H20N2O2S/c1-12-5-7-15(14(3)9-12)19(23)22-20-21-17(11-25-20)16-10-13(2)6-8-18(16)24-4/h5-11H,1-4H3,(H,21,22,23). The molecule has 25 heavy (non-hydrogen) atoms. The number of carbonyl (C=O) groups is 1. The maximum Gasteiger partial charge on any atom is 0.257 e. The first-order chi connectivity index (χ1) is 12.0. The van der Waals surface area contributed by atoms with Crippen molar-refractivity contribution in [2.75, 3.05) is 12.4 Å². The van der Waals surface area contributed by atoms with Gasteiger partial charge in [-0.1, -0.05) is 29.3 Å². The van der Waals surface area contributed by atoms with Crippen molar-refractivity contribution in [3.8, 4) is 17.0 Å². The van der Waals surface area contributed by atoms with E-state index in [9.17, 15) is 4.79 Å². The first-order valence-electron chi connectivity index (χ1n) is 7.97. The molecule has 128 valence electrons. The van der Waals surface area contributed by atoms with E-state index in [1.807, 2.05) is 62.5 Å². The van der Waals surface area contributed by atoms with Crippen LogP contribution < -0.4 is 10.1 Å². The van der Waals surface area contributed by atoms with Crippen LogP contribution in [-0.4, -0.2) is 18.0 Å². The highest BCUT2D eigenvalue weighted by atomic mass is 32.1. The van der Waals surface area contributed by atoms with Crippen LogP contribution in [0.5, 0.6) is 5.75 Å². The molecule has 0 fully saturated rings. The van der Waals surface area contributed by atoms with Gasteiger partial charge in [0.05, 0.1) is 12.8 Å². The van der Waals surface area contributed by atoms with Crippen LogP contribution in [0, 0.1) is 20.8 Å². The minimum Gasteiger partial charge on any atom is -0.496 e. The lowest BCUT2D eigenvalue weighted by Crippen LogP contribution is -2.13. The summed E-state index contributed by atoms with van der Waals surface area (Å²) in [6.07, 6.45) is 0. The van der Waals surface area contributed by atoms with Crippen molar-refractivity contribution < 1.29 is 9.53 Å². The van der Waals surface area contributed by atoms with E-state index in [1.165, 1.54) is 11.3 Å². The van der Waals surface area contributed by atoms with Crippen molar-refractivity contribution in [3.05, 3.63) is 64.0 Å². The highest BCUT2D eigenvalue weighted by Crippen LogP contribution is 2.33. The second-order valence-corrected chi connectivity index (χ2v) is 6.87. The fraction of sp³-hybridized carbons (Fsp3) is 0.200. The number of hydrogen-bond acceptors (Lipinski definition) is 4. The molecule has 0 unspecified atom stereocenters. The molecule has 0 saturated carbocycles. The number of rotatable bonds is 4. The number of nitrogens with one attached hydrogen (secondary N) is 1. The van der Waals surface area contributed by atoms with Crippen LogP contribution in [0.25, 0.3) is 11.3 Å². The number of aryl methyl sites for hydroxylation is 3. The molecule has 0 saturated heterocycles. The molecule has 5 heteroatoms. The summed E-state index contributed by atoms with van der Waals surface area (Å²) in [6.45, 7) is 5.97. The molecule has 0 radical (unpaired) electrons. The Morgan fingerprint density at radius 3 is 2.52 bits per heavy atom. The van der Waals surface area contributed by atoms with E-state index in [0.717, 1.165) is 33.7 Å². The number of anilines is 1. The number of ether oxygens (including phenoxy) is 1. The van der Waals surface area contributed by atoms with Crippen LogP contribution >= 0.6 is 11.3 Å². The van der Waals surface area contributed by atoms with Crippen LogP contribution in [0.4, 0.5) is 5.13 Å². The maximum absolute atomic E-state index is 12.5. The minimum atomic E-state index is -0.144. The van der Waals surface area contributed by atoms with Crippen molar-refractivity contribution in [1.29, 1.82) is 0 Å². The molecule has 0 aliphatic heterocycles. The first-order valence-corrected chi connectivity index (χ1v) is 8.85. The van der Waals surface area contributed by atoms with Gasteiger partial charge in [0.15, 0.2) is 5.13 Å². The summed E-state index contributed by atoms with van der Waals surface area (Å²) in [5.74, 6) is 0.623. The molecule has 0 atom stereocenters. The normalized spacial score (nSPS) is 10.6. The van der Waals surface area contributed by atoms with Crippen LogP contribution in [0.3, 0.4) is 0 Å². The minimum absolute atomic E-state index is 0.144. The molecule has 1 heterocycles. The molecule has 4 nitrogen and oxygen atoms in total. The molecule has 0 spiro atoms. The predicted octanol–water partition coefficient (Wildman–Crippen LogP) is 5.00. The fourth-order valence-electron chi connectivity index (χ4n) is 2.71. The van der Waals surface area contributed by atoms with Crippen LogP contribution in [0.2, 0.25) is 0 Å². The second-order valence-electron chi connectivity index (χ2n) is 6.01. The molecule has 0 aliphatic rings. The van der Waals surface area contributed by atoms with Crippen molar-refractivity contribution in [2.24, 2.45) is 0 Å². The topological polar surface area (TPSA) is 51.2 Å². The Kier molecular flexibility index (Phi) is 4.86. The van der Waals surface area contributed by atoms with Crippen LogP contribution in [-0.2, 0) is 0 Å². The van der Waals surface area contributed by atoms with E-state index >= 15 is 0 Å². The Bertz CT molecular complexity index is 931. The van der Waals surface area contributed by atoms with Gasteiger partial charge >= 0.3 is 0 Å². The van der Waals surface area contributed by atoms with E-state index in [-0.39, 0.29) is 5.91 Å². The fourth-order valence-corrected chi connectivity index (χ4v) is 3.42. The van der Waals surface area contributed by atoms with Crippen molar-refractivity contribution in [2.45, 2.75) is 20.8 Å². The zero-order chi connectivity index (χ0) is 18.0. The lowest BCUT2D eigenvalue weighted by atomic mass is 10.1. The molecule has 3 rings (SSSR count). The number of nitrogens with zero attached hydrogens (tertiary/aromatic N) is 1. The molecule has 3 aromatic rings. The molecule has 1 aromatic heterocycles. The van der Waals surface area contributed by atoms with Crippen molar-refractivity contribution in [3.63, 3.8) is 0 Å². The lowest BCUT2D eigenvalue weighted by Gasteiger charge is -2.07. The zero-order valence-electron chi connectivity index (χ0n) is 14.7. The van der Waals surface area contributed by atoms with E-state index in [1.54, 1.807) is 7.11 Å². The summed E-state index contributed by atoms with van der Waals surface area (Å²) in [4.78, 5) is 17.0. The van der Waals surface area contributed by atoms with E-state index in [0.29, 0.717) is 10.7 Å². The van der Waals surface area contributed by atoms with Crippen molar-refractivity contribution in [1.82, 2.24) is 4.98 Å². The van der Waals surface area contributed by atoms with E-state index < -0.39 is 0 Å². The average Bonchev–Trinajstić information content (AvgIpc) is 3.03. The Morgan fingerprint density at radius 1 is 1.08 bits per heavy atom. The van der Waals surface area contributed by atoms with Gasteiger partial charge in [0, 0.05) is 16.5 Å². The second kappa shape index (κ2) is 7.07. The molecule has 2 aromatic carbocycles. The Hall–Kier alpha value is -2.66. The Balaban J connectivity index is 1.85. The molecule has 0 bridgehead atoms. The number of benzene rings is 2. The van der Waals surface area contributed by atoms with Gasteiger partial charge in [0.1, 0.15) is 5.75 Å². The highest BCUT2D eigenvalue weighted by Gasteiger charge is 2.14. The number of hydrogen-bond donors (Lipinski definition) is 1. The van der Waals surface area contributed by atoms with Gasteiger partial charge in [0.2, 0.25) is 0 Å². The third kappa shape index (κ3) is 3.72. The molecule has 0 aliphatic carbocycles. The predicted molar refractivity (Wildman–Crippen MR) is 103 cm³/mol. The van der Waals surface area contributed by atoms with Crippen molar-refractivity contribution >= 4 is 22.4 Å². The molecular weight excluding hydrogens is 332 g/mol. The lowest BCUT2D eigenvalue weighted by molar-refractivity contribution is 0.102. The van der Waals surface area contributed by atoms with Crippen LogP contribution in [0.15, 0.2) is 41.8 Å². The summed E-state index contributed by atoms with van der Waals surface area (Å²) < 4.78 is 5.42. The summed E-state index contributed by atoms with van der Waals surface area (Å²) in [5, 5.41) is 5.39. The first kappa shape index (κ1) is 17.2. The SMILES string of the molecule is COc1ccc(C)cc1-c1csc(NC(=O)c2ccc(C)cc2C)n1. The molecular formula is C20H20N2O2S. The number of amides is 1. The monoisotopic (exact) mass is 352 g/mol. The maximum atomic E-state index is 12.5. The number of carbonyl (C=O) groups excluding carboxylic acids is 1. The van der Waals surface area contributed by atoms with Gasteiger partial charge in [-0.3, -0.25) is 10.1 Å². The highest BCUT2D eigenvalue weighted by molar-refractivity contribution is 7.14. The summed E-state index contributed by atoms with van der Waals surface area (Å²) in [5.41, 5.74) is 5.60. The largest absolute Gasteiger partial charge is 0.496 e. The van der Waals surface area contributed by atoms with Gasteiger partial charge in [-0.15, -0.1) is 11.3 Å². The number of aromatic nitrogens is 1. The third-order valence-corrected chi connectivity index (χ3v) is 4.74. The smallest absolute Gasteiger partial charge is 0.257 e. The van der Waals surface area contributed by atoms with E-state index in [2.05, 4.69) is 10.3 Å². The zero-order valence-corrected chi connectivity index (χ0v) is 15.5.